The Morgan fingerprint density at radius 3 is 2.62 bits per heavy atom. The fraction of sp³-hybridized carbons (Fsp3) is 0.917. The highest BCUT2D eigenvalue weighted by Crippen LogP contribution is 2.24. The van der Waals surface area contributed by atoms with Gasteiger partial charge in [0.25, 0.3) is 5.91 Å². The standard InChI is InChI=1S/C12H22N2O2/c1-8-3-5-14(7-10(8)13)12(15)11-9(2)4-6-16-11/h8-11H,3-7,13H2,1-2H3. The Hall–Kier alpha value is -0.610. The van der Waals surface area contributed by atoms with Crippen LogP contribution in [0.5, 0.6) is 0 Å². The average Bonchev–Trinajstić information content (AvgIpc) is 2.67. The van der Waals surface area contributed by atoms with E-state index in [-0.39, 0.29) is 18.1 Å². The summed E-state index contributed by atoms with van der Waals surface area (Å²) >= 11 is 0. The van der Waals surface area contributed by atoms with Crippen molar-refractivity contribution < 1.29 is 9.53 Å². The molecule has 0 aliphatic carbocycles. The number of likely N-dealkylation sites (tertiary alicyclic amines) is 1. The second-order valence-corrected chi connectivity index (χ2v) is 5.27. The third-order valence-electron chi connectivity index (χ3n) is 3.96. The number of ether oxygens (including phenoxy) is 1. The molecule has 92 valence electrons. The van der Waals surface area contributed by atoms with E-state index >= 15 is 0 Å². The number of piperidine rings is 1. The lowest BCUT2D eigenvalue weighted by Gasteiger charge is -2.36. The summed E-state index contributed by atoms with van der Waals surface area (Å²) in [5.74, 6) is 1.02. The number of nitrogens with two attached hydrogens (primary N) is 1. The highest BCUT2D eigenvalue weighted by atomic mass is 16.5. The molecule has 4 atom stereocenters. The zero-order valence-electron chi connectivity index (χ0n) is 10.2. The Kier molecular flexibility index (Phi) is 3.50. The van der Waals surface area contributed by atoms with Crippen LogP contribution >= 0.6 is 0 Å². The minimum Gasteiger partial charge on any atom is -0.368 e. The summed E-state index contributed by atoms with van der Waals surface area (Å²) < 4.78 is 5.51. The molecule has 2 heterocycles. The zero-order chi connectivity index (χ0) is 11.7. The number of amides is 1. The minimum absolute atomic E-state index is 0.120. The Bertz CT molecular complexity index is 270. The van der Waals surface area contributed by atoms with Crippen molar-refractivity contribution >= 4 is 5.91 Å². The van der Waals surface area contributed by atoms with E-state index in [0.717, 1.165) is 19.4 Å². The van der Waals surface area contributed by atoms with Crippen molar-refractivity contribution in [2.45, 2.75) is 38.8 Å². The fourth-order valence-electron chi connectivity index (χ4n) is 2.49. The van der Waals surface area contributed by atoms with Gasteiger partial charge in [0.2, 0.25) is 0 Å². The maximum Gasteiger partial charge on any atom is 0.252 e. The molecule has 2 saturated heterocycles. The monoisotopic (exact) mass is 226 g/mol. The molecule has 0 aromatic carbocycles. The van der Waals surface area contributed by atoms with Crippen LogP contribution in [0.4, 0.5) is 0 Å². The number of rotatable bonds is 1. The van der Waals surface area contributed by atoms with Crippen LogP contribution in [-0.4, -0.2) is 42.6 Å². The van der Waals surface area contributed by atoms with E-state index in [1.165, 1.54) is 0 Å². The van der Waals surface area contributed by atoms with Crippen LogP contribution in [-0.2, 0) is 9.53 Å². The molecular formula is C12H22N2O2. The summed E-state index contributed by atoms with van der Waals surface area (Å²) in [6.45, 7) is 6.48. The first-order chi connectivity index (χ1) is 7.59. The second kappa shape index (κ2) is 4.72. The van der Waals surface area contributed by atoms with Gasteiger partial charge in [-0.3, -0.25) is 4.79 Å². The maximum absolute atomic E-state index is 12.2. The van der Waals surface area contributed by atoms with Crippen LogP contribution in [0.3, 0.4) is 0 Å². The topological polar surface area (TPSA) is 55.6 Å². The van der Waals surface area contributed by atoms with E-state index in [0.29, 0.717) is 25.0 Å². The van der Waals surface area contributed by atoms with Crippen molar-refractivity contribution in [1.82, 2.24) is 4.90 Å². The van der Waals surface area contributed by atoms with Gasteiger partial charge in [0.15, 0.2) is 0 Å². The Morgan fingerprint density at radius 2 is 2.06 bits per heavy atom. The molecule has 0 aromatic heterocycles. The van der Waals surface area contributed by atoms with Crippen molar-refractivity contribution in [1.29, 1.82) is 0 Å². The molecule has 0 aromatic rings. The van der Waals surface area contributed by atoms with Gasteiger partial charge in [-0.25, -0.2) is 0 Å². The molecular weight excluding hydrogens is 204 g/mol. The van der Waals surface area contributed by atoms with E-state index in [2.05, 4.69) is 13.8 Å². The molecule has 4 heteroatoms. The highest BCUT2D eigenvalue weighted by Gasteiger charge is 2.36. The molecule has 4 unspecified atom stereocenters. The van der Waals surface area contributed by atoms with Crippen LogP contribution in [0.2, 0.25) is 0 Å². The summed E-state index contributed by atoms with van der Waals surface area (Å²) in [6, 6.07) is 0.120. The van der Waals surface area contributed by atoms with Crippen molar-refractivity contribution in [3.8, 4) is 0 Å². The first-order valence-electron chi connectivity index (χ1n) is 6.25. The molecule has 2 N–H and O–H groups in total. The van der Waals surface area contributed by atoms with Crippen LogP contribution < -0.4 is 5.73 Å². The molecule has 4 nitrogen and oxygen atoms in total. The summed E-state index contributed by atoms with van der Waals surface area (Å²) in [5, 5.41) is 0. The Labute approximate surface area is 97.1 Å². The lowest BCUT2D eigenvalue weighted by atomic mass is 9.93. The molecule has 0 radical (unpaired) electrons. The smallest absolute Gasteiger partial charge is 0.252 e. The van der Waals surface area contributed by atoms with Gasteiger partial charge in [0.05, 0.1) is 0 Å². The van der Waals surface area contributed by atoms with Gasteiger partial charge in [0, 0.05) is 25.7 Å². The summed E-state index contributed by atoms with van der Waals surface area (Å²) in [4.78, 5) is 14.1. The summed E-state index contributed by atoms with van der Waals surface area (Å²) in [6.07, 6.45) is 1.78. The first kappa shape index (κ1) is 11.9. The molecule has 2 fully saturated rings. The van der Waals surface area contributed by atoms with E-state index in [1.807, 2.05) is 4.90 Å². The lowest BCUT2D eigenvalue weighted by molar-refractivity contribution is -0.144. The Balaban J connectivity index is 1.95. The number of carbonyl (C=O) groups excluding carboxylic acids is 1. The van der Waals surface area contributed by atoms with Gasteiger partial charge in [-0.2, -0.15) is 0 Å². The zero-order valence-corrected chi connectivity index (χ0v) is 10.2. The van der Waals surface area contributed by atoms with Crippen molar-refractivity contribution in [3.05, 3.63) is 0 Å². The molecule has 0 bridgehead atoms. The van der Waals surface area contributed by atoms with Gasteiger partial charge in [-0.15, -0.1) is 0 Å². The largest absolute Gasteiger partial charge is 0.368 e. The van der Waals surface area contributed by atoms with Gasteiger partial charge in [-0.05, 0) is 24.7 Å². The molecule has 2 aliphatic rings. The molecule has 2 aliphatic heterocycles. The molecule has 0 spiro atoms. The van der Waals surface area contributed by atoms with Gasteiger partial charge in [0.1, 0.15) is 6.10 Å². The highest BCUT2D eigenvalue weighted by molar-refractivity contribution is 5.81. The number of carbonyl (C=O) groups is 1. The number of hydrogen-bond acceptors (Lipinski definition) is 3. The quantitative estimate of drug-likeness (QED) is 0.712. The summed E-state index contributed by atoms with van der Waals surface area (Å²) in [7, 11) is 0. The molecule has 16 heavy (non-hydrogen) atoms. The fourth-order valence-corrected chi connectivity index (χ4v) is 2.49. The average molecular weight is 226 g/mol. The maximum atomic E-state index is 12.2. The second-order valence-electron chi connectivity index (χ2n) is 5.27. The third kappa shape index (κ3) is 2.23. The van der Waals surface area contributed by atoms with Gasteiger partial charge < -0.3 is 15.4 Å². The van der Waals surface area contributed by atoms with Crippen LogP contribution in [0.25, 0.3) is 0 Å². The minimum atomic E-state index is -0.222. The predicted molar refractivity (Wildman–Crippen MR) is 61.9 cm³/mol. The van der Waals surface area contributed by atoms with E-state index < -0.39 is 0 Å². The third-order valence-corrected chi connectivity index (χ3v) is 3.96. The first-order valence-corrected chi connectivity index (χ1v) is 6.25. The van der Waals surface area contributed by atoms with E-state index in [4.69, 9.17) is 10.5 Å². The molecule has 2 rings (SSSR count). The van der Waals surface area contributed by atoms with Gasteiger partial charge in [-0.1, -0.05) is 13.8 Å². The van der Waals surface area contributed by atoms with Gasteiger partial charge >= 0.3 is 0 Å². The normalized spacial score (nSPS) is 40.1. The lowest BCUT2D eigenvalue weighted by Crippen LogP contribution is -2.52. The SMILES string of the molecule is CC1CCN(C(=O)C2OCCC2C)CC1N. The number of nitrogens with zero attached hydrogens (tertiary/aromatic N) is 1. The Morgan fingerprint density at radius 1 is 1.31 bits per heavy atom. The van der Waals surface area contributed by atoms with E-state index in [9.17, 15) is 4.79 Å². The number of hydrogen-bond donors (Lipinski definition) is 1. The van der Waals surface area contributed by atoms with Crippen molar-refractivity contribution in [2.24, 2.45) is 17.6 Å². The van der Waals surface area contributed by atoms with Crippen LogP contribution in [0.1, 0.15) is 26.7 Å². The van der Waals surface area contributed by atoms with Crippen molar-refractivity contribution in [3.63, 3.8) is 0 Å². The molecule has 0 saturated carbocycles. The van der Waals surface area contributed by atoms with Crippen LogP contribution in [0, 0.1) is 11.8 Å². The van der Waals surface area contributed by atoms with Crippen molar-refractivity contribution in [2.75, 3.05) is 19.7 Å². The molecule has 1 amide bonds. The van der Waals surface area contributed by atoms with E-state index in [1.54, 1.807) is 0 Å². The van der Waals surface area contributed by atoms with Crippen LogP contribution in [0.15, 0.2) is 0 Å². The summed E-state index contributed by atoms with van der Waals surface area (Å²) in [5.41, 5.74) is 6.01. The predicted octanol–water partition coefficient (Wildman–Crippen LogP) is 0.607.